The van der Waals surface area contributed by atoms with Crippen LogP contribution < -0.4 is 12.8 Å². The van der Waals surface area contributed by atoms with Gasteiger partial charge in [0.25, 0.3) is 5.91 Å². The Kier molecular flexibility index (Phi) is 6.95. The third kappa shape index (κ3) is 4.49. The van der Waals surface area contributed by atoms with Crippen molar-refractivity contribution in [2.75, 3.05) is 35.3 Å². The average molecular weight is 512 g/mol. The Bertz CT molecular complexity index is 841. The SMILES string of the molecule is CCC(CCN1C(=O)COc2cc(N(I)C(=N)c3cccs3)ccc21)N(C)C. The van der Waals surface area contributed by atoms with Crippen LogP contribution in [0.1, 0.15) is 24.6 Å². The molecule has 1 aliphatic heterocycles. The van der Waals surface area contributed by atoms with E-state index in [1.165, 1.54) is 11.3 Å². The molecule has 150 valence electrons. The maximum absolute atomic E-state index is 12.5. The van der Waals surface area contributed by atoms with Gasteiger partial charge in [-0.2, -0.15) is 0 Å². The van der Waals surface area contributed by atoms with Gasteiger partial charge in [-0.3, -0.25) is 13.3 Å². The van der Waals surface area contributed by atoms with Gasteiger partial charge in [0.05, 0.1) is 39.1 Å². The molecule has 1 aromatic heterocycles. The second kappa shape index (κ2) is 9.23. The summed E-state index contributed by atoms with van der Waals surface area (Å²) in [5.41, 5.74) is 1.66. The summed E-state index contributed by atoms with van der Waals surface area (Å²) in [5.74, 6) is 1.11. The van der Waals surface area contributed by atoms with Gasteiger partial charge in [0.15, 0.2) is 12.4 Å². The van der Waals surface area contributed by atoms with Crippen LogP contribution >= 0.6 is 34.2 Å². The lowest BCUT2D eigenvalue weighted by molar-refractivity contribution is -0.121. The number of carbonyl (C=O) groups is 1. The van der Waals surface area contributed by atoms with E-state index in [4.69, 9.17) is 10.1 Å². The smallest absolute Gasteiger partial charge is 0.265 e. The molecule has 0 fully saturated rings. The Balaban J connectivity index is 1.79. The number of amides is 1. The van der Waals surface area contributed by atoms with Gasteiger partial charge < -0.3 is 14.5 Å². The van der Waals surface area contributed by atoms with Crippen molar-refractivity contribution >= 4 is 57.3 Å². The molecule has 0 aliphatic carbocycles. The second-order valence-electron chi connectivity index (χ2n) is 6.91. The first-order chi connectivity index (χ1) is 13.4. The Morgan fingerprint density at radius 1 is 1.39 bits per heavy atom. The number of hydrogen-bond donors (Lipinski definition) is 1. The normalized spacial score (nSPS) is 14.6. The summed E-state index contributed by atoms with van der Waals surface area (Å²) in [6.07, 6.45) is 1.96. The summed E-state index contributed by atoms with van der Waals surface area (Å²) in [6.45, 7) is 2.90. The van der Waals surface area contributed by atoms with Crippen molar-refractivity contribution in [3.05, 3.63) is 40.6 Å². The van der Waals surface area contributed by atoms with Gasteiger partial charge in [0, 0.05) is 18.7 Å². The highest BCUT2D eigenvalue weighted by atomic mass is 127. The van der Waals surface area contributed by atoms with E-state index in [1.807, 2.05) is 40.6 Å². The number of amidine groups is 1. The Hall–Kier alpha value is -1.65. The largest absolute Gasteiger partial charge is 0.481 e. The van der Waals surface area contributed by atoms with E-state index in [-0.39, 0.29) is 12.5 Å². The summed E-state index contributed by atoms with van der Waals surface area (Å²) in [7, 11) is 4.15. The monoisotopic (exact) mass is 512 g/mol. The zero-order valence-electron chi connectivity index (χ0n) is 16.3. The van der Waals surface area contributed by atoms with Crippen LogP contribution in [-0.4, -0.2) is 49.9 Å². The van der Waals surface area contributed by atoms with Gasteiger partial charge in [-0.05, 0) is 50.5 Å². The average Bonchev–Trinajstić information content (AvgIpc) is 3.23. The molecule has 2 heterocycles. The number of fused-ring (bicyclic) bond motifs is 1. The van der Waals surface area contributed by atoms with E-state index in [9.17, 15) is 4.79 Å². The maximum atomic E-state index is 12.5. The summed E-state index contributed by atoms with van der Waals surface area (Å²) in [6, 6.07) is 10.1. The lowest BCUT2D eigenvalue weighted by Crippen LogP contribution is -2.41. The fourth-order valence-electron chi connectivity index (χ4n) is 3.31. The molecule has 0 saturated heterocycles. The Morgan fingerprint density at radius 3 is 2.82 bits per heavy atom. The van der Waals surface area contributed by atoms with E-state index < -0.39 is 0 Å². The predicted octanol–water partition coefficient (Wildman–Crippen LogP) is 4.39. The standard InChI is InChI=1S/C20H25IN4O2S/c1-4-14(23(2)3)9-10-24-16-8-7-15(12-17(16)27-13-19(24)26)25(21)20(22)18-6-5-11-28-18/h5-8,11-12,14,22H,4,9-10,13H2,1-3H3. The molecule has 8 heteroatoms. The molecule has 0 spiro atoms. The van der Waals surface area contributed by atoms with Crippen molar-refractivity contribution in [2.45, 2.75) is 25.8 Å². The predicted molar refractivity (Wildman–Crippen MR) is 124 cm³/mol. The van der Waals surface area contributed by atoms with Crippen molar-refractivity contribution in [3.63, 3.8) is 0 Å². The molecule has 1 N–H and O–H groups in total. The second-order valence-corrected chi connectivity index (χ2v) is 8.82. The number of anilines is 2. The topological polar surface area (TPSA) is 59.9 Å². The fraction of sp³-hybridized carbons (Fsp3) is 0.400. The minimum atomic E-state index is -0.00785. The highest BCUT2D eigenvalue weighted by molar-refractivity contribution is 14.1. The number of nitrogens with one attached hydrogen (secondary N) is 1. The lowest BCUT2D eigenvalue weighted by atomic mass is 10.1. The molecule has 1 amide bonds. The lowest BCUT2D eigenvalue weighted by Gasteiger charge is -2.32. The highest BCUT2D eigenvalue weighted by Gasteiger charge is 2.27. The highest BCUT2D eigenvalue weighted by Crippen LogP contribution is 2.37. The van der Waals surface area contributed by atoms with Crippen LogP contribution in [-0.2, 0) is 4.79 Å². The summed E-state index contributed by atoms with van der Waals surface area (Å²) >= 11 is 3.67. The van der Waals surface area contributed by atoms with Crippen LogP contribution in [0.3, 0.4) is 0 Å². The first-order valence-electron chi connectivity index (χ1n) is 9.24. The third-order valence-electron chi connectivity index (χ3n) is 4.95. The molecule has 1 unspecified atom stereocenters. The number of benzene rings is 1. The van der Waals surface area contributed by atoms with Crippen molar-refractivity contribution in [1.29, 1.82) is 5.41 Å². The van der Waals surface area contributed by atoms with E-state index in [0.29, 0.717) is 24.2 Å². The number of carbonyl (C=O) groups excluding carboxylic acids is 1. The molecule has 28 heavy (non-hydrogen) atoms. The maximum Gasteiger partial charge on any atom is 0.265 e. The van der Waals surface area contributed by atoms with Gasteiger partial charge in [-0.1, -0.05) is 13.0 Å². The van der Waals surface area contributed by atoms with Gasteiger partial charge in [-0.25, -0.2) is 0 Å². The zero-order chi connectivity index (χ0) is 20.3. The van der Waals surface area contributed by atoms with E-state index in [1.54, 1.807) is 3.11 Å². The van der Waals surface area contributed by atoms with Crippen molar-refractivity contribution in [3.8, 4) is 5.75 Å². The quantitative estimate of drug-likeness (QED) is 0.259. The van der Waals surface area contributed by atoms with Crippen LogP contribution in [0.25, 0.3) is 0 Å². The van der Waals surface area contributed by atoms with Crippen molar-refractivity contribution < 1.29 is 9.53 Å². The number of ether oxygens (including phenoxy) is 1. The molecule has 1 aromatic carbocycles. The molecule has 1 atom stereocenters. The number of nitrogens with zero attached hydrogens (tertiary/aromatic N) is 3. The summed E-state index contributed by atoms with van der Waals surface area (Å²) in [5, 5.41) is 10.4. The first-order valence-corrected chi connectivity index (χ1v) is 11.1. The van der Waals surface area contributed by atoms with Crippen LogP contribution in [0.15, 0.2) is 35.7 Å². The van der Waals surface area contributed by atoms with Gasteiger partial charge in [0.1, 0.15) is 5.75 Å². The zero-order valence-corrected chi connectivity index (χ0v) is 19.3. The van der Waals surface area contributed by atoms with Crippen LogP contribution in [0.4, 0.5) is 11.4 Å². The minimum Gasteiger partial charge on any atom is -0.481 e. The number of halogens is 1. The van der Waals surface area contributed by atoms with Gasteiger partial charge in [0.2, 0.25) is 0 Å². The van der Waals surface area contributed by atoms with Crippen molar-refractivity contribution in [1.82, 2.24) is 4.90 Å². The third-order valence-corrected chi connectivity index (χ3v) is 6.87. The van der Waals surface area contributed by atoms with E-state index in [0.717, 1.165) is 29.1 Å². The summed E-state index contributed by atoms with van der Waals surface area (Å²) < 4.78 is 7.51. The Labute approximate surface area is 184 Å². The minimum absolute atomic E-state index is 0.00785. The molecular formula is C20H25IN4O2S. The fourth-order valence-corrected chi connectivity index (χ4v) is 4.69. The van der Waals surface area contributed by atoms with Crippen LogP contribution in [0.2, 0.25) is 0 Å². The molecule has 0 bridgehead atoms. The molecule has 1 aliphatic rings. The molecular weight excluding hydrogens is 487 g/mol. The van der Waals surface area contributed by atoms with Crippen molar-refractivity contribution in [2.24, 2.45) is 0 Å². The van der Waals surface area contributed by atoms with Gasteiger partial charge >= 0.3 is 0 Å². The van der Waals surface area contributed by atoms with Crippen LogP contribution in [0.5, 0.6) is 5.75 Å². The van der Waals surface area contributed by atoms with E-state index >= 15 is 0 Å². The molecule has 0 radical (unpaired) electrons. The number of hydrogen-bond acceptors (Lipinski definition) is 5. The number of thiophene rings is 1. The molecule has 0 saturated carbocycles. The summed E-state index contributed by atoms with van der Waals surface area (Å²) in [4.78, 5) is 17.4. The Morgan fingerprint density at radius 2 is 2.18 bits per heavy atom. The molecule has 6 nitrogen and oxygen atoms in total. The van der Waals surface area contributed by atoms with E-state index in [2.05, 4.69) is 48.8 Å². The van der Waals surface area contributed by atoms with Gasteiger partial charge in [-0.15, -0.1) is 11.3 Å². The number of rotatable bonds is 7. The molecule has 2 aromatic rings. The van der Waals surface area contributed by atoms with Crippen LogP contribution in [0, 0.1) is 5.41 Å². The first kappa shape index (κ1) is 21.1. The molecule has 3 rings (SSSR count).